The second-order valence-electron chi connectivity index (χ2n) is 4.47. The number of amides is 1. The zero-order valence-corrected chi connectivity index (χ0v) is 11.4. The van der Waals surface area contributed by atoms with Crippen LogP contribution in [0.1, 0.15) is 34.8 Å². The normalized spacial score (nSPS) is 11.9. The van der Waals surface area contributed by atoms with E-state index in [0.29, 0.717) is 5.56 Å². The van der Waals surface area contributed by atoms with Crippen LogP contribution >= 0.6 is 0 Å². The number of carbonyl (C=O) groups is 1. The molecule has 4 heteroatoms. The van der Waals surface area contributed by atoms with Gasteiger partial charge >= 0.3 is 0 Å². The Hall–Kier alpha value is -2.23. The molecule has 4 nitrogen and oxygen atoms in total. The summed E-state index contributed by atoms with van der Waals surface area (Å²) >= 11 is 0. The number of hydrogen-bond acceptors (Lipinski definition) is 3. The lowest BCUT2D eigenvalue weighted by molar-refractivity contribution is 0.0935. The third kappa shape index (κ3) is 3.16. The molecular formula is C15H18N2O2. The lowest BCUT2D eigenvalue weighted by atomic mass is 10.1. The second kappa shape index (κ2) is 5.61. The first kappa shape index (κ1) is 13.2. The number of nitrogens with one attached hydrogen (secondary N) is 2. The van der Waals surface area contributed by atoms with Gasteiger partial charge in [-0.25, -0.2) is 0 Å². The Labute approximate surface area is 112 Å². The van der Waals surface area contributed by atoms with Crippen molar-refractivity contribution >= 4 is 11.6 Å². The van der Waals surface area contributed by atoms with Gasteiger partial charge in [0.2, 0.25) is 0 Å². The Kier molecular flexibility index (Phi) is 3.90. The van der Waals surface area contributed by atoms with Crippen molar-refractivity contribution in [2.75, 3.05) is 12.4 Å². The predicted octanol–water partition coefficient (Wildman–Crippen LogP) is 3.12. The molecule has 0 fully saturated rings. The Balaban J connectivity index is 2.03. The SMILES string of the molecule is CNc1ccc(C(=O)NC(C)c2ccc(C)o2)cc1. The molecule has 0 aliphatic heterocycles. The zero-order chi connectivity index (χ0) is 13.8. The molecule has 0 bridgehead atoms. The highest BCUT2D eigenvalue weighted by atomic mass is 16.3. The van der Waals surface area contributed by atoms with Crippen molar-refractivity contribution in [2.45, 2.75) is 19.9 Å². The van der Waals surface area contributed by atoms with E-state index in [9.17, 15) is 4.79 Å². The molecule has 100 valence electrons. The first-order valence-electron chi connectivity index (χ1n) is 6.25. The van der Waals surface area contributed by atoms with Crippen LogP contribution < -0.4 is 10.6 Å². The van der Waals surface area contributed by atoms with E-state index in [2.05, 4.69) is 10.6 Å². The van der Waals surface area contributed by atoms with E-state index in [1.807, 2.05) is 45.2 Å². The number of furan rings is 1. The number of rotatable bonds is 4. The summed E-state index contributed by atoms with van der Waals surface area (Å²) in [6.45, 7) is 3.78. The lowest BCUT2D eigenvalue weighted by Crippen LogP contribution is -2.26. The van der Waals surface area contributed by atoms with Crippen LogP contribution in [0.2, 0.25) is 0 Å². The van der Waals surface area contributed by atoms with E-state index in [-0.39, 0.29) is 11.9 Å². The standard InChI is InChI=1S/C15H18N2O2/c1-10-4-9-14(19-10)11(2)17-15(18)12-5-7-13(16-3)8-6-12/h4-9,11,16H,1-3H3,(H,17,18). The van der Waals surface area contributed by atoms with Crippen LogP contribution in [0.25, 0.3) is 0 Å². The van der Waals surface area contributed by atoms with Gasteiger partial charge in [-0.05, 0) is 50.2 Å². The van der Waals surface area contributed by atoms with Gasteiger partial charge in [0.05, 0.1) is 6.04 Å². The van der Waals surface area contributed by atoms with Crippen molar-refractivity contribution in [1.82, 2.24) is 5.32 Å². The first-order valence-corrected chi connectivity index (χ1v) is 6.25. The molecule has 0 radical (unpaired) electrons. The van der Waals surface area contributed by atoms with Crippen molar-refractivity contribution in [3.63, 3.8) is 0 Å². The van der Waals surface area contributed by atoms with Gasteiger partial charge in [0, 0.05) is 18.3 Å². The molecule has 0 aliphatic carbocycles. The number of carbonyl (C=O) groups excluding carboxylic acids is 1. The predicted molar refractivity (Wildman–Crippen MR) is 75.3 cm³/mol. The summed E-state index contributed by atoms with van der Waals surface area (Å²) in [4.78, 5) is 12.1. The van der Waals surface area contributed by atoms with Crippen LogP contribution in [-0.2, 0) is 0 Å². The highest BCUT2D eigenvalue weighted by Crippen LogP contribution is 2.16. The molecule has 2 N–H and O–H groups in total. The number of aryl methyl sites for hydroxylation is 1. The van der Waals surface area contributed by atoms with Crippen LogP contribution in [0.3, 0.4) is 0 Å². The molecule has 1 amide bonds. The van der Waals surface area contributed by atoms with Gasteiger partial charge in [0.15, 0.2) is 0 Å². The van der Waals surface area contributed by atoms with Crippen molar-refractivity contribution in [3.8, 4) is 0 Å². The smallest absolute Gasteiger partial charge is 0.251 e. The Bertz CT molecular complexity index is 558. The van der Waals surface area contributed by atoms with Gasteiger partial charge in [-0.15, -0.1) is 0 Å². The lowest BCUT2D eigenvalue weighted by Gasteiger charge is -2.11. The summed E-state index contributed by atoms with van der Waals surface area (Å²) in [6, 6.07) is 10.9. The molecular weight excluding hydrogens is 240 g/mol. The molecule has 1 unspecified atom stereocenters. The maximum atomic E-state index is 12.1. The number of benzene rings is 1. The summed E-state index contributed by atoms with van der Waals surface area (Å²) in [5.41, 5.74) is 1.61. The topological polar surface area (TPSA) is 54.3 Å². The Morgan fingerprint density at radius 2 is 1.84 bits per heavy atom. The molecule has 0 spiro atoms. The average molecular weight is 258 g/mol. The third-order valence-electron chi connectivity index (χ3n) is 2.97. The zero-order valence-electron chi connectivity index (χ0n) is 11.4. The molecule has 1 atom stereocenters. The van der Waals surface area contributed by atoms with E-state index in [1.54, 1.807) is 12.1 Å². The molecule has 2 aromatic rings. The van der Waals surface area contributed by atoms with Crippen LogP contribution in [0.4, 0.5) is 5.69 Å². The number of hydrogen-bond donors (Lipinski definition) is 2. The number of anilines is 1. The molecule has 0 saturated heterocycles. The fraction of sp³-hybridized carbons (Fsp3) is 0.267. The van der Waals surface area contributed by atoms with E-state index in [0.717, 1.165) is 17.2 Å². The van der Waals surface area contributed by atoms with Crippen molar-refractivity contribution in [1.29, 1.82) is 0 Å². The summed E-state index contributed by atoms with van der Waals surface area (Å²) in [5, 5.41) is 5.93. The monoisotopic (exact) mass is 258 g/mol. The molecule has 0 aliphatic rings. The first-order chi connectivity index (χ1) is 9.10. The van der Waals surface area contributed by atoms with Gasteiger partial charge in [-0.1, -0.05) is 0 Å². The van der Waals surface area contributed by atoms with Gasteiger partial charge in [-0.3, -0.25) is 4.79 Å². The Morgan fingerprint density at radius 1 is 1.16 bits per heavy atom. The van der Waals surface area contributed by atoms with Crippen molar-refractivity contribution in [2.24, 2.45) is 0 Å². The molecule has 1 aromatic heterocycles. The molecule has 2 rings (SSSR count). The van der Waals surface area contributed by atoms with Gasteiger partial charge in [-0.2, -0.15) is 0 Å². The quantitative estimate of drug-likeness (QED) is 0.886. The summed E-state index contributed by atoms with van der Waals surface area (Å²) < 4.78 is 5.49. The molecule has 19 heavy (non-hydrogen) atoms. The maximum Gasteiger partial charge on any atom is 0.251 e. The second-order valence-corrected chi connectivity index (χ2v) is 4.47. The summed E-state index contributed by atoms with van der Waals surface area (Å²) in [7, 11) is 1.84. The maximum absolute atomic E-state index is 12.1. The van der Waals surface area contributed by atoms with Crippen LogP contribution in [-0.4, -0.2) is 13.0 Å². The largest absolute Gasteiger partial charge is 0.464 e. The van der Waals surface area contributed by atoms with Crippen molar-refractivity contribution in [3.05, 3.63) is 53.5 Å². The van der Waals surface area contributed by atoms with E-state index >= 15 is 0 Å². The van der Waals surface area contributed by atoms with Gasteiger partial charge in [0.25, 0.3) is 5.91 Å². The van der Waals surface area contributed by atoms with Gasteiger partial charge < -0.3 is 15.1 Å². The Morgan fingerprint density at radius 3 is 2.37 bits per heavy atom. The highest BCUT2D eigenvalue weighted by molar-refractivity contribution is 5.94. The minimum atomic E-state index is -0.148. The van der Waals surface area contributed by atoms with E-state index in [1.165, 1.54) is 0 Å². The van der Waals surface area contributed by atoms with Crippen LogP contribution in [0.15, 0.2) is 40.8 Å². The minimum absolute atomic E-state index is 0.107. The van der Waals surface area contributed by atoms with E-state index < -0.39 is 0 Å². The van der Waals surface area contributed by atoms with Crippen LogP contribution in [0, 0.1) is 6.92 Å². The molecule has 1 heterocycles. The minimum Gasteiger partial charge on any atom is -0.464 e. The molecule has 1 aromatic carbocycles. The fourth-order valence-electron chi connectivity index (χ4n) is 1.83. The summed E-state index contributed by atoms with van der Waals surface area (Å²) in [5.74, 6) is 1.50. The highest BCUT2D eigenvalue weighted by Gasteiger charge is 2.13. The third-order valence-corrected chi connectivity index (χ3v) is 2.97. The molecule has 0 saturated carbocycles. The fourth-order valence-corrected chi connectivity index (χ4v) is 1.83. The van der Waals surface area contributed by atoms with Gasteiger partial charge in [0.1, 0.15) is 11.5 Å². The van der Waals surface area contributed by atoms with Crippen molar-refractivity contribution < 1.29 is 9.21 Å². The summed E-state index contributed by atoms with van der Waals surface area (Å²) in [6.07, 6.45) is 0. The van der Waals surface area contributed by atoms with E-state index in [4.69, 9.17) is 4.42 Å². The van der Waals surface area contributed by atoms with Crippen LogP contribution in [0.5, 0.6) is 0 Å². The average Bonchev–Trinajstić information content (AvgIpc) is 2.85.